The Kier molecular flexibility index (Phi) is 4.58. The molecule has 4 heteroatoms. The second-order valence-electron chi connectivity index (χ2n) is 4.74. The van der Waals surface area contributed by atoms with Crippen LogP contribution < -0.4 is 4.74 Å². The van der Waals surface area contributed by atoms with Crippen molar-refractivity contribution in [2.75, 3.05) is 24.7 Å². The van der Waals surface area contributed by atoms with E-state index >= 15 is 0 Å². The summed E-state index contributed by atoms with van der Waals surface area (Å²) in [5.74, 6) is 2.44. The normalized spacial score (nSPS) is 15.6. The average Bonchev–Trinajstić information content (AvgIpc) is 2.57. The van der Waals surface area contributed by atoms with Crippen LogP contribution in [0.1, 0.15) is 10.4 Å². The summed E-state index contributed by atoms with van der Waals surface area (Å²) in [5, 5.41) is 0. The molecule has 0 spiro atoms. The fraction of sp³-hybridized carbons (Fsp3) is 0.235. The molecule has 0 bridgehead atoms. The molecule has 1 heterocycles. The summed E-state index contributed by atoms with van der Waals surface area (Å²) < 4.78 is 10.8. The Hall–Kier alpha value is -1.78. The zero-order chi connectivity index (χ0) is 14.5. The first-order chi connectivity index (χ1) is 10.3. The quantitative estimate of drug-likeness (QED) is 0.497. The molecule has 0 unspecified atom stereocenters. The van der Waals surface area contributed by atoms with Crippen LogP contribution >= 0.6 is 0 Å². The van der Waals surface area contributed by atoms with E-state index in [0.717, 1.165) is 24.7 Å². The first-order valence-electron chi connectivity index (χ1n) is 6.95. The van der Waals surface area contributed by atoms with Crippen LogP contribution in [0.3, 0.4) is 0 Å². The molecule has 0 atom stereocenters. The summed E-state index contributed by atoms with van der Waals surface area (Å²) in [4.78, 5) is 13.3. The first kappa shape index (κ1) is 14.2. The first-order valence-corrected chi connectivity index (χ1v) is 8.52. The molecule has 108 valence electrons. The van der Waals surface area contributed by atoms with Gasteiger partial charge in [-0.3, -0.25) is 0 Å². The second kappa shape index (κ2) is 6.78. The van der Waals surface area contributed by atoms with Crippen LogP contribution in [0.15, 0.2) is 59.5 Å². The molecule has 0 amide bonds. The number of benzene rings is 2. The van der Waals surface area contributed by atoms with Crippen molar-refractivity contribution >= 4 is 16.9 Å². The number of hydrogen-bond donors (Lipinski definition) is 0. The molecule has 0 aromatic heterocycles. The van der Waals surface area contributed by atoms with E-state index in [4.69, 9.17) is 9.47 Å². The number of carbonyl (C=O) groups is 1. The smallest absolute Gasteiger partial charge is 0.343 e. The fourth-order valence-corrected chi connectivity index (χ4v) is 4.03. The highest BCUT2D eigenvalue weighted by atomic mass is 32.2. The molecule has 1 aliphatic rings. The van der Waals surface area contributed by atoms with E-state index in [0.29, 0.717) is 11.3 Å². The summed E-state index contributed by atoms with van der Waals surface area (Å²) in [5.41, 5.74) is 0.563. The molecule has 0 saturated carbocycles. The Bertz CT molecular complexity index is 589. The topological polar surface area (TPSA) is 35.5 Å². The van der Waals surface area contributed by atoms with E-state index in [9.17, 15) is 4.79 Å². The standard InChI is InChI=1S/C17H17O3S/c18-17(14-4-2-1-3-5-14)20-15-6-8-16(9-7-15)21-12-10-19-11-13-21/h1-9H,10-13H2/q+1. The number of hydrogen-bond acceptors (Lipinski definition) is 3. The fourth-order valence-electron chi connectivity index (χ4n) is 2.20. The highest BCUT2D eigenvalue weighted by molar-refractivity contribution is 7.97. The largest absolute Gasteiger partial charge is 0.423 e. The molecule has 1 fully saturated rings. The van der Waals surface area contributed by atoms with Gasteiger partial charge in [0.1, 0.15) is 17.3 Å². The second-order valence-corrected chi connectivity index (χ2v) is 7.01. The lowest BCUT2D eigenvalue weighted by molar-refractivity contribution is 0.0734. The highest BCUT2D eigenvalue weighted by Gasteiger charge is 2.25. The lowest BCUT2D eigenvalue weighted by atomic mass is 10.2. The van der Waals surface area contributed by atoms with E-state index in [1.807, 2.05) is 30.3 Å². The van der Waals surface area contributed by atoms with Gasteiger partial charge >= 0.3 is 5.97 Å². The van der Waals surface area contributed by atoms with Crippen LogP contribution in [0.4, 0.5) is 0 Å². The number of carbonyl (C=O) groups excluding carboxylic acids is 1. The van der Waals surface area contributed by atoms with Gasteiger partial charge in [0.25, 0.3) is 0 Å². The minimum atomic E-state index is -0.322. The van der Waals surface area contributed by atoms with Crippen molar-refractivity contribution in [2.24, 2.45) is 0 Å². The van der Waals surface area contributed by atoms with Gasteiger partial charge in [0.05, 0.1) is 18.8 Å². The molecule has 2 aromatic rings. The number of rotatable bonds is 3. The van der Waals surface area contributed by atoms with Gasteiger partial charge in [0, 0.05) is 10.9 Å². The zero-order valence-corrected chi connectivity index (χ0v) is 12.5. The SMILES string of the molecule is O=C(Oc1ccc([S+]2CCOCC2)cc1)c1ccccc1. The van der Waals surface area contributed by atoms with Crippen LogP contribution in [-0.4, -0.2) is 30.7 Å². The summed E-state index contributed by atoms with van der Waals surface area (Å²) in [7, 11) is 0.270. The van der Waals surface area contributed by atoms with Crippen molar-refractivity contribution in [2.45, 2.75) is 4.90 Å². The van der Waals surface area contributed by atoms with Crippen molar-refractivity contribution in [3.8, 4) is 5.75 Å². The minimum Gasteiger partial charge on any atom is -0.423 e. The third kappa shape index (κ3) is 3.65. The van der Waals surface area contributed by atoms with Crippen LogP contribution in [0, 0.1) is 0 Å². The Labute approximate surface area is 127 Å². The average molecular weight is 301 g/mol. The molecule has 0 N–H and O–H groups in total. The maximum absolute atomic E-state index is 12.0. The number of esters is 1. The van der Waals surface area contributed by atoms with Gasteiger partial charge in [-0.1, -0.05) is 18.2 Å². The molecular formula is C17H17O3S+. The third-order valence-corrected chi connectivity index (χ3v) is 5.58. The van der Waals surface area contributed by atoms with Crippen LogP contribution in [0.5, 0.6) is 5.75 Å². The van der Waals surface area contributed by atoms with Gasteiger partial charge in [-0.25, -0.2) is 4.79 Å². The van der Waals surface area contributed by atoms with Gasteiger partial charge in [-0.2, -0.15) is 0 Å². The molecule has 21 heavy (non-hydrogen) atoms. The van der Waals surface area contributed by atoms with Crippen molar-refractivity contribution in [1.82, 2.24) is 0 Å². The maximum Gasteiger partial charge on any atom is 0.343 e. The van der Waals surface area contributed by atoms with Crippen molar-refractivity contribution in [3.63, 3.8) is 0 Å². The van der Waals surface area contributed by atoms with Crippen molar-refractivity contribution in [3.05, 3.63) is 60.2 Å². The Balaban J connectivity index is 1.65. The molecule has 0 aliphatic carbocycles. The minimum absolute atomic E-state index is 0.270. The van der Waals surface area contributed by atoms with E-state index in [1.54, 1.807) is 12.1 Å². The van der Waals surface area contributed by atoms with E-state index in [1.165, 1.54) is 4.90 Å². The van der Waals surface area contributed by atoms with E-state index in [2.05, 4.69) is 12.1 Å². The molecule has 3 nitrogen and oxygen atoms in total. The van der Waals surface area contributed by atoms with E-state index < -0.39 is 0 Å². The molecule has 1 saturated heterocycles. The van der Waals surface area contributed by atoms with Crippen LogP contribution in [0.25, 0.3) is 0 Å². The maximum atomic E-state index is 12.0. The Morgan fingerprint density at radius 3 is 2.29 bits per heavy atom. The molecule has 2 aromatic carbocycles. The number of ether oxygens (including phenoxy) is 2. The van der Waals surface area contributed by atoms with Crippen molar-refractivity contribution in [1.29, 1.82) is 0 Å². The van der Waals surface area contributed by atoms with Gasteiger partial charge in [0.15, 0.2) is 4.90 Å². The lowest BCUT2D eigenvalue weighted by Crippen LogP contribution is -2.26. The monoisotopic (exact) mass is 301 g/mol. The third-order valence-electron chi connectivity index (χ3n) is 3.33. The molecule has 0 radical (unpaired) electrons. The van der Waals surface area contributed by atoms with Gasteiger partial charge < -0.3 is 9.47 Å². The Morgan fingerprint density at radius 2 is 1.62 bits per heavy atom. The van der Waals surface area contributed by atoms with Crippen molar-refractivity contribution < 1.29 is 14.3 Å². The summed E-state index contributed by atoms with van der Waals surface area (Å²) in [6, 6.07) is 16.9. The predicted molar refractivity (Wildman–Crippen MR) is 84.0 cm³/mol. The lowest BCUT2D eigenvalue weighted by Gasteiger charge is -2.14. The predicted octanol–water partition coefficient (Wildman–Crippen LogP) is 2.91. The summed E-state index contributed by atoms with van der Waals surface area (Å²) in [6.45, 7) is 1.68. The van der Waals surface area contributed by atoms with E-state index in [-0.39, 0.29) is 16.9 Å². The molecule has 3 rings (SSSR count). The molecular weight excluding hydrogens is 284 g/mol. The summed E-state index contributed by atoms with van der Waals surface area (Å²) in [6.07, 6.45) is 0. The molecule has 1 aliphatic heterocycles. The zero-order valence-electron chi connectivity index (χ0n) is 11.7. The van der Waals surface area contributed by atoms with Gasteiger partial charge in [-0.05, 0) is 36.4 Å². The Morgan fingerprint density at radius 1 is 0.952 bits per heavy atom. The van der Waals surface area contributed by atoms with Gasteiger partial charge in [0.2, 0.25) is 0 Å². The summed E-state index contributed by atoms with van der Waals surface area (Å²) >= 11 is 0. The van der Waals surface area contributed by atoms with Crippen LogP contribution in [-0.2, 0) is 15.6 Å². The highest BCUT2D eigenvalue weighted by Crippen LogP contribution is 2.21. The van der Waals surface area contributed by atoms with Gasteiger partial charge in [-0.15, -0.1) is 0 Å². The van der Waals surface area contributed by atoms with Crippen LogP contribution in [0.2, 0.25) is 0 Å².